The SMILES string of the molecule is CC1=CCC(C2CCC(CCCC3C=CCCC3)C2)C1. The molecule has 3 rings (SSSR count). The molecule has 112 valence electrons. The minimum absolute atomic E-state index is 0.919. The molecule has 1 fully saturated rings. The van der Waals surface area contributed by atoms with Crippen molar-refractivity contribution in [1.82, 2.24) is 0 Å². The molecule has 0 heterocycles. The van der Waals surface area contributed by atoms with Crippen LogP contribution in [0, 0.1) is 23.7 Å². The van der Waals surface area contributed by atoms with Gasteiger partial charge in [0, 0.05) is 0 Å². The summed E-state index contributed by atoms with van der Waals surface area (Å²) in [7, 11) is 0. The van der Waals surface area contributed by atoms with Gasteiger partial charge in [-0.15, -0.1) is 0 Å². The molecule has 0 nitrogen and oxygen atoms in total. The Hall–Kier alpha value is -0.520. The van der Waals surface area contributed by atoms with Crippen LogP contribution in [0.25, 0.3) is 0 Å². The lowest BCUT2D eigenvalue weighted by atomic mass is 9.86. The zero-order chi connectivity index (χ0) is 13.8. The number of hydrogen-bond donors (Lipinski definition) is 0. The molecule has 0 bridgehead atoms. The third-order valence-electron chi connectivity index (χ3n) is 6.14. The van der Waals surface area contributed by atoms with Crippen LogP contribution >= 0.6 is 0 Å². The molecule has 0 aromatic heterocycles. The second-order valence-electron chi connectivity index (χ2n) is 7.74. The van der Waals surface area contributed by atoms with Gasteiger partial charge >= 0.3 is 0 Å². The van der Waals surface area contributed by atoms with Gasteiger partial charge in [-0.3, -0.25) is 0 Å². The Kier molecular flexibility index (Phi) is 5.02. The van der Waals surface area contributed by atoms with Crippen molar-refractivity contribution >= 4 is 0 Å². The largest absolute Gasteiger partial charge is 0.0883 e. The average Bonchev–Trinajstić information content (AvgIpc) is 3.09. The lowest BCUT2D eigenvalue weighted by molar-refractivity contribution is 0.333. The summed E-state index contributed by atoms with van der Waals surface area (Å²) in [5, 5.41) is 0. The smallest absolute Gasteiger partial charge is 0.0233 e. The van der Waals surface area contributed by atoms with Crippen LogP contribution in [-0.2, 0) is 0 Å². The van der Waals surface area contributed by atoms with E-state index in [1.54, 1.807) is 12.0 Å². The summed E-state index contributed by atoms with van der Waals surface area (Å²) in [5.41, 5.74) is 1.66. The summed E-state index contributed by atoms with van der Waals surface area (Å²) in [6.07, 6.45) is 23.5. The van der Waals surface area contributed by atoms with Crippen LogP contribution in [0.3, 0.4) is 0 Å². The first-order valence-electron chi connectivity index (χ1n) is 9.13. The predicted octanol–water partition coefficient (Wildman–Crippen LogP) is 6.29. The molecule has 0 amide bonds. The fraction of sp³-hybridized carbons (Fsp3) is 0.800. The Morgan fingerprint density at radius 2 is 2.05 bits per heavy atom. The highest BCUT2D eigenvalue weighted by atomic mass is 14.4. The number of allylic oxidation sites excluding steroid dienone is 4. The molecule has 0 aliphatic heterocycles. The average molecular weight is 272 g/mol. The first-order chi connectivity index (χ1) is 9.81. The maximum atomic E-state index is 2.49. The Labute approximate surface area is 125 Å². The van der Waals surface area contributed by atoms with Gasteiger partial charge in [-0.25, -0.2) is 0 Å². The molecule has 0 heteroatoms. The Balaban J connectivity index is 1.33. The Morgan fingerprint density at radius 1 is 1.10 bits per heavy atom. The molecule has 20 heavy (non-hydrogen) atoms. The van der Waals surface area contributed by atoms with Crippen molar-refractivity contribution in [3.63, 3.8) is 0 Å². The molecule has 4 atom stereocenters. The molecule has 0 aromatic carbocycles. The van der Waals surface area contributed by atoms with Crippen molar-refractivity contribution in [3.05, 3.63) is 23.8 Å². The highest BCUT2D eigenvalue weighted by Gasteiger charge is 2.31. The lowest BCUT2D eigenvalue weighted by Crippen LogP contribution is -2.09. The summed E-state index contributed by atoms with van der Waals surface area (Å²) in [5.74, 6) is 4.06. The summed E-state index contributed by atoms with van der Waals surface area (Å²) in [6, 6.07) is 0. The van der Waals surface area contributed by atoms with Crippen LogP contribution in [-0.4, -0.2) is 0 Å². The fourth-order valence-electron chi connectivity index (χ4n) is 4.89. The minimum Gasteiger partial charge on any atom is -0.0883 e. The van der Waals surface area contributed by atoms with E-state index in [9.17, 15) is 0 Å². The Bertz CT molecular complexity index is 362. The maximum Gasteiger partial charge on any atom is -0.0233 e. The first-order valence-corrected chi connectivity index (χ1v) is 9.13. The summed E-state index contributed by atoms with van der Waals surface area (Å²) in [4.78, 5) is 0. The first kappa shape index (κ1) is 14.4. The van der Waals surface area contributed by atoms with Gasteiger partial charge in [0.05, 0.1) is 0 Å². The molecule has 0 saturated heterocycles. The van der Waals surface area contributed by atoms with Crippen LogP contribution < -0.4 is 0 Å². The zero-order valence-electron chi connectivity index (χ0n) is 13.3. The zero-order valence-corrected chi connectivity index (χ0v) is 13.3. The van der Waals surface area contributed by atoms with E-state index in [0.717, 1.165) is 23.7 Å². The van der Waals surface area contributed by atoms with Crippen molar-refractivity contribution in [2.75, 3.05) is 0 Å². The van der Waals surface area contributed by atoms with Gasteiger partial charge < -0.3 is 0 Å². The highest BCUT2D eigenvalue weighted by Crippen LogP contribution is 2.43. The van der Waals surface area contributed by atoms with Crippen molar-refractivity contribution in [1.29, 1.82) is 0 Å². The molecular weight excluding hydrogens is 240 g/mol. The molecule has 4 unspecified atom stereocenters. The molecule has 0 spiro atoms. The standard InChI is InChI=1S/C20H32/c1-16-10-12-19(14-16)20-13-11-18(15-20)9-5-8-17-6-3-2-4-7-17/h3,6,10,17-20H,2,4-5,7-9,11-15H2,1H3. The van der Waals surface area contributed by atoms with Gasteiger partial charge in [-0.05, 0) is 82.0 Å². The second kappa shape index (κ2) is 6.96. The van der Waals surface area contributed by atoms with Gasteiger partial charge in [0.25, 0.3) is 0 Å². The van der Waals surface area contributed by atoms with Gasteiger partial charge in [-0.1, -0.05) is 43.1 Å². The monoisotopic (exact) mass is 272 g/mol. The predicted molar refractivity (Wildman–Crippen MR) is 87.6 cm³/mol. The topological polar surface area (TPSA) is 0 Å². The van der Waals surface area contributed by atoms with Crippen molar-refractivity contribution in [2.24, 2.45) is 23.7 Å². The van der Waals surface area contributed by atoms with E-state index in [1.165, 1.54) is 64.2 Å². The molecular formula is C20H32. The van der Waals surface area contributed by atoms with E-state index >= 15 is 0 Å². The quantitative estimate of drug-likeness (QED) is 0.516. The molecule has 1 saturated carbocycles. The van der Waals surface area contributed by atoms with Crippen molar-refractivity contribution in [2.45, 2.75) is 77.6 Å². The van der Waals surface area contributed by atoms with Crippen molar-refractivity contribution < 1.29 is 0 Å². The third-order valence-corrected chi connectivity index (χ3v) is 6.14. The summed E-state index contributed by atoms with van der Waals surface area (Å²) >= 11 is 0. The normalized spacial score (nSPS) is 37.4. The molecule has 0 aromatic rings. The lowest BCUT2D eigenvalue weighted by Gasteiger charge is -2.19. The molecule has 3 aliphatic carbocycles. The molecule has 3 aliphatic rings. The van der Waals surface area contributed by atoms with Gasteiger partial charge in [-0.2, -0.15) is 0 Å². The molecule has 0 radical (unpaired) electrons. The summed E-state index contributed by atoms with van der Waals surface area (Å²) < 4.78 is 0. The van der Waals surface area contributed by atoms with Gasteiger partial charge in [0.1, 0.15) is 0 Å². The summed E-state index contributed by atoms with van der Waals surface area (Å²) in [6.45, 7) is 2.32. The minimum atomic E-state index is 0.919. The van der Waals surface area contributed by atoms with Crippen LogP contribution in [0.5, 0.6) is 0 Å². The van der Waals surface area contributed by atoms with E-state index in [4.69, 9.17) is 0 Å². The maximum absolute atomic E-state index is 2.49. The van der Waals surface area contributed by atoms with E-state index in [1.807, 2.05) is 0 Å². The van der Waals surface area contributed by atoms with E-state index in [-0.39, 0.29) is 0 Å². The third kappa shape index (κ3) is 3.77. The van der Waals surface area contributed by atoms with E-state index in [0.29, 0.717) is 0 Å². The van der Waals surface area contributed by atoms with E-state index < -0.39 is 0 Å². The van der Waals surface area contributed by atoms with Crippen LogP contribution in [0.1, 0.15) is 77.6 Å². The number of rotatable bonds is 5. The number of hydrogen-bond acceptors (Lipinski definition) is 0. The molecule has 0 N–H and O–H groups in total. The second-order valence-corrected chi connectivity index (χ2v) is 7.74. The van der Waals surface area contributed by atoms with Crippen LogP contribution in [0.15, 0.2) is 23.8 Å². The van der Waals surface area contributed by atoms with Crippen LogP contribution in [0.4, 0.5) is 0 Å². The fourth-order valence-corrected chi connectivity index (χ4v) is 4.89. The highest BCUT2D eigenvalue weighted by molar-refractivity contribution is 5.08. The Morgan fingerprint density at radius 3 is 2.80 bits per heavy atom. The van der Waals surface area contributed by atoms with E-state index in [2.05, 4.69) is 25.2 Å². The van der Waals surface area contributed by atoms with Crippen molar-refractivity contribution in [3.8, 4) is 0 Å². The van der Waals surface area contributed by atoms with Gasteiger partial charge in [0.15, 0.2) is 0 Å². The van der Waals surface area contributed by atoms with Gasteiger partial charge in [0.2, 0.25) is 0 Å². The van der Waals surface area contributed by atoms with Crippen LogP contribution in [0.2, 0.25) is 0 Å².